The number of fused-ring (bicyclic) bond motifs is 1. The van der Waals surface area contributed by atoms with Gasteiger partial charge in [-0.3, -0.25) is 0 Å². The van der Waals surface area contributed by atoms with Gasteiger partial charge in [-0.15, -0.1) is 0 Å². The summed E-state index contributed by atoms with van der Waals surface area (Å²) in [5.74, 6) is 0. The van der Waals surface area contributed by atoms with Crippen LogP contribution in [0.15, 0.2) is 24.5 Å². The first-order valence-corrected chi connectivity index (χ1v) is 5.66. The molecule has 0 unspecified atom stereocenters. The fraction of sp³-hybridized carbons (Fsp3) is 0.333. The molecule has 0 saturated carbocycles. The molecule has 17 heavy (non-hydrogen) atoms. The Labute approximate surface area is 99.8 Å². The van der Waals surface area contributed by atoms with Gasteiger partial charge in [0.25, 0.3) is 0 Å². The van der Waals surface area contributed by atoms with Crippen LogP contribution in [0.1, 0.15) is 13.3 Å². The summed E-state index contributed by atoms with van der Waals surface area (Å²) in [6, 6.07) is 5.50. The van der Waals surface area contributed by atoms with Crippen LogP contribution in [0, 0.1) is 0 Å². The number of aromatic nitrogens is 2. The van der Waals surface area contributed by atoms with E-state index in [9.17, 15) is 4.79 Å². The summed E-state index contributed by atoms with van der Waals surface area (Å²) in [7, 11) is 1.94. The van der Waals surface area contributed by atoms with Crippen molar-refractivity contribution in [1.29, 1.82) is 0 Å². The minimum Gasteiger partial charge on any atom is -0.338 e. The van der Waals surface area contributed by atoms with Gasteiger partial charge in [0.05, 0.1) is 17.4 Å². The van der Waals surface area contributed by atoms with Crippen molar-refractivity contribution in [2.75, 3.05) is 11.9 Å². The molecule has 2 N–H and O–H groups in total. The molecule has 1 heterocycles. The third-order valence-corrected chi connectivity index (χ3v) is 2.52. The molecule has 1 aromatic carbocycles. The van der Waals surface area contributed by atoms with Crippen molar-refractivity contribution in [3.8, 4) is 0 Å². The van der Waals surface area contributed by atoms with E-state index in [0.717, 1.165) is 23.1 Å². The monoisotopic (exact) mass is 232 g/mol. The van der Waals surface area contributed by atoms with Crippen LogP contribution in [0.5, 0.6) is 0 Å². The largest absolute Gasteiger partial charge is 0.338 e. The summed E-state index contributed by atoms with van der Waals surface area (Å²) >= 11 is 0. The Balaban J connectivity index is 2.11. The summed E-state index contributed by atoms with van der Waals surface area (Å²) < 4.78 is 1.94. The second-order valence-corrected chi connectivity index (χ2v) is 3.94. The molecule has 2 aromatic rings. The smallest absolute Gasteiger partial charge is 0.319 e. The van der Waals surface area contributed by atoms with E-state index in [1.165, 1.54) is 0 Å². The summed E-state index contributed by atoms with van der Waals surface area (Å²) in [5, 5.41) is 5.54. The Hall–Kier alpha value is -2.04. The minimum atomic E-state index is -0.179. The van der Waals surface area contributed by atoms with Gasteiger partial charge in [-0.1, -0.05) is 6.92 Å². The quantitative estimate of drug-likeness (QED) is 0.851. The third-order valence-electron chi connectivity index (χ3n) is 2.52. The van der Waals surface area contributed by atoms with Crippen molar-refractivity contribution in [1.82, 2.24) is 14.9 Å². The lowest BCUT2D eigenvalue weighted by Crippen LogP contribution is -2.29. The van der Waals surface area contributed by atoms with Crippen LogP contribution in [0.25, 0.3) is 11.0 Å². The topological polar surface area (TPSA) is 59.0 Å². The van der Waals surface area contributed by atoms with Gasteiger partial charge in [0.2, 0.25) is 0 Å². The normalized spacial score (nSPS) is 10.5. The van der Waals surface area contributed by atoms with E-state index in [0.29, 0.717) is 6.54 Å². The van der Waals surface area contributed by atoms with E-state index in [4.69, 9.17) is 0 Å². The SMILES string of the molecule is CCCNC(=O)Nc1ccc2c(c1)ncn2C. The van der Waals surface area contributed by atoms with Gasteiger partial charge >= 0.3 is 6.03 Å². The Morgan fingerprint density at radius 2 is 2.29 bits per heavy atom. The van der Waals surface area contributed by atoms with Gasteiger partial charge in [0, 0.05) is 19.3 Å². The Morgan fingerprint density at radius 1 is 1.47 bits per heavy atom. The van der Waals surface area contributed by atoms with Crippen LogP contribution < -0.4 is 10.6 Å². The summed E-state index contributed by atoms with van der Waals surface area (Å²) in [5.41, 5.74) is 2.68. The van der Waals surface area contributed by atoms with E-state index >= 15 is 0 Å². The number of carbonyl (C=O) groups is 1. The van der Waals surface area contributed by atoms with Crippen LogP contribution in [-0.2, 0) is 7.05 Å². The molecule has 0 radical (unpaired) electrons. The number of nitrogens with zero attached hydrogens (tertiary/aromatic N) is 2. The molecule has 1 aromatic heterocycles. The zero-order valence-corrected chi connectivity index (χ0v) is 10.0. The molecule has 0 atom stereocenters. The second kappa shape index (κ2) is 4.86. The maximum atomic E-state index is 11.5. The number of aryl methyl sites for hydroxylation is 1. The number of amides is 2. The summed E-state index contributed by atoms with van der Waals surface area (Å²) in [6.45, 7) is 2.69. The molecular formula is C12H16N4O. The molecule has 2 rings (SSSR count). The molecule has 90 valence electrons. The molecule has 0 aliphatic heterocycles. The molecule has 0 spiro atoms. The van der Waals surface area contributed by atoms with Gasteiger partial charge in [-0.2, -0.15) is 0 Å². The van der Waals surface area contributed by atoms with E-state index in [-0.39, 0.29) is 6.03 Å². The maximum absolute atomic E-state index is 11.5. The van der Waals surface area contributed by atoms with E-state index in [2.05, 4.69) is 15.6 Å². The number of hydrogen-bond acceptors (Lipinski definition) is 2. The number of nitrogens with one attached hydrogen (secondary N) is 2. The minimum absolute atomic E-state index is 0.179. The molecule has 0 aliphatic carbocycles. The maximum Gasteiger partial charge on any atom is 0.319 e. The van der Waals surface area contributed by atoms with Crippen LogP contribution in [0.4, 0.5) is 10.5 Å². The lowest BCUT2D eigenvalue weighted by molar-refractivity contribution is 0.252. The first-order valence-electron chi connectivity index (χ1n) is 5.66. The molecular weight excluding hydrogens is 216 g/mol. The molecule has 0 aliphatic rings. The fourth-order valence-corrected chi connectivity index (χ4v) is 1.63. The Morgan fingerprint density at radius 3 is 3.06 bits per heavy atom. The zero-order valence-electron chi connectivity index (χ0n) is 10.0. The van der Waals surface area contributed by atoms with Crippen LogP contribution in [0.2, 0.25) is 0 Å². The lowest BCUT2D eigenvalue weighted by Gasteiger charge is -2.06. The number of rotatable bonds is 3. The summed E-state index contributed by atoms with van der Waals surface area (Å²) in [6.07, 6.45) is 2.68. The highest BCUT2D eigenvalue weighted by molar-refractivity contribution is 5.91. The highest BCUT2D eigenvalue weighted by atomic mass is 16.2. The lowest BCUT2D eigenvalue weighted by atomic mass is 10.3. The molecule has 0 bridgehead atoms. The first-order chi connectivity index (χ1) is 8.20. The van der Waals surface area contributed by atoms with Crippen molar-refractivity contribution in [2.45, 2.75) is 13.3 Å². The van der Waals surface area contributed by atoms with Crippen LogP contribution in [-0.4, -0.2) is 22.1 Å². The third kappa shape index (κ3) is 2.55. The highest BCUT2D eigenvalue weighted by Crippen LogP contribution is 2.17. The Bertz CT molecular complexity index is 532. The van der Waals surface area contributed by atoms with Crippen molar-refractivity contribution in [3.63, 3.8) is 0 Å². The van der Waals surface area contributed by atoms with Crippen molar-refractivity contribution in [2.24, 2.45) is 7.05 Å². The van der Waals surface area contributed by atoms with Gasteiger partial charge < -0.3 is 15.2 Å². The van der Waals surface area contributed by atoms with Crippen molar-refractivity contribution in [3.05, 3.63) is 24.5 Å². The molecule has 5 heteroatoms. The second-order valence-electron chi connectivity index (χ2n) is 3.94. The molecule has 5 nitrogen and oxygen atoms in total. The summed E-state index contributed by atoms with van der Waals surface area (Å²) in [4.78, 5) is 15.7. The predicted molar refractivity (Wildman–Crippen MR) is 68.0 cm³/mol. The first kappa shape index (κ1) is 11.4. The number of benzene rings is 1. The Kier molecular flexibility index (Phi) is 3.27. The number of urea groups is 1. The number of imidazole rings is 1. The average molecular weight is 232 g/mol. The highest BCUT2D eigenvalue weighted by Gasteiger charge is 2.03. The van der Waals surface area contributed by atoms with Crippen LogP contribution >= 0.6 is 0 Å². The van der Waals surface area contributed by atoms with Gasteiger partial charge in [-0.25, -0.2) is 9.78 Å². The van der Waals surface area contributed by atoms with Gasteiger partial charge in [-0.05, 0) is 24.6 Å². The van der Waals surface area contributed by atoms with Gasteiger partial charge in [0.1, 0.15) is 0 Å². The molecule has 2 amide bonds. The zero-order chi connectivity index (χ0) is 12.3. The van der Waals surface area contributed by atoms with Gasteiger partial charge in [0.15, 0.2) is 0 Å². The van der Waals surface area contributed by atoms with Crippen molar-refractivity contribution < 1.29 is 4.79 Å². The van der Waals surface area contributed by atoms with Crippen LogP contribution in [0.3, 0.4) is 0 Å². The number of anilines is 1. The standard InChI is InChI=1S/C12H16N4O/c1-3-6-13-12(17)15-9-4-5-11-10(7-9)14-8-16(11)2/h4-5,7-8H,3,6H2,1-2H3,(H2,13,15,17). The number of carbonyl (C=O) groups excluding carboxylic acids is 1. The molecule has 0 saturated heterocycles. The van der Waals surface area contributed by atoms with E-state index < -0.39 is 0 Å². The average Bonchev–Trinajstić information content (AvgIpc) is 2.68. The predicted octanol–water partition coefficient (Wildman–Crippen LogP) is 2.10. The van der Waals surface area contributed by atoms with E-state index in [1.54, 1.807) is 6.33 Å². The fourth-order valence-electron chi connectivity index (χ4n) is 1.63. The van der Waals surface area contributed by atoms with Crippen molar-refractivity contribution >= 4 is 22.8 Å². The number of hydrogen-bond donors (Lipinski definition) is 2. The molecule has 0 fully saturated rings. The van der Waals surface area contributed by atoms with E-state index in [1.807, 2.05) is 36.7 Å².